The summed E-state index contributed by atoms with van der Waals surface area (Å²) in [4.78, 5) is 0. The Morgan fingerprint density at radius 2 is 1.86 bits per heavy atom. The Balaban J connectivity index is 2.16. The number of nitrogens with one attached hydrogen (secondary N) is 1. The van der Waals surface area contributed by atoms with Crippen molar-refractivity contribution in [3.8, 4) is 11.8 Å². The highest BCUT2D eigenvalue weighted by molar-refractivity contribution is 5.57. The van der Waals surface area contributed by atoms with Gasteiger partial charge >= 0.3 is 0 Å². The van der Waals surface area contributed by atoms with E-state index in [0.29, 0.717) is 6.54 Å². The summed E-state index contributed by atoms with van der Waals surface area (Å²) in [6.07, 6.45) is 0.997. The third kappa shape index (κ3) is 3.76. The highest BCUT2D eigenvalue weighted by atomic mass is 16.5. The Morgan fingerprint density at radius 1 is 1.10 bits per heavy atom. The highest BCUT2D eigenvalue weighted by Gasteiger charge is 2.06. The first-order valence-electron chi connectivity index (χ1n) is 7.16. The molecule has 2 rings (SSSR count). The number of nitrogens with zero attached hydrogens (tertiary/aromatic N) is 1. The molecule has 0 fully saturated rings. The molecule has 0 saturated carbocycles. The van der Waals surface area contributed by atoms with E-state index < -0.39 is 0 Å². The SMILES string of the molecule is CCc1cccc(C)c1NCc1ccccc1OCC#N. The van der Waals surface area contributed by atoms with Gasteiger partial charge in [0.1, 0.15) is 11.8 Å². The van der Waals surface area contributed by atoms with Gasteiger partial charge in [-0.25, -0.2) is 0 Å². The van der Waals surface area contributed by atoms with Crippen LogP contribution in [0.4, 0.5) is 5.69 Å². The third-order valence-corrected chi connectivity index (χ3v) is 3.46. The second-order valence-electron chi connectivity index (χ2n) is 4.87. The maximum absolute atomic E-state index is 8.64. The largest absolute Gasteiger partial charge is 0.478 e. The summed E-state index contributed by atoms with van der Waals surface area (Å²) in [5.74, 6) is 0.762. The van der Waals surface area contributed by atoms with Gasteiger partial charge in [0.05, 0.1) is 0 Å². The molecule has 0 aliphatic rings. The molecule has 0 saturated heterocycles. The maximum Gasteiger partial charge on any atom is 0.174 e. The van der Waals surface area contributed by atoms with Gasteiger partial charge in [0.2, 0.25) is 0 Å². The summed E-state index contributed by atoms with van der Waals surface area (Å²) < 4.78 is 5.46. The number of hydrogen-bond donors (Lipinski definition) is 1. The van der Waals surface area contributed by atoms with Gasteiger partial charge in [0, 0.05) is 17.8 Å². The molecule has 2 aromatic carbocycles. The van der Waals surface area contributed by atoms with Crippen molar-refractivity contribution >= 4 is 5.69 Å². The van der Waals surface area contributed by atoms with Crippen LogP contribution in [-0.4, -0.2) is 6.61 Å². The van der Waals surface area contributed by atoms with E-state index in [0.717, 1.165) is 17.7 Å². The number of rotatable bonds is 6. The fourth-order valence-corrected chi connectivity index (χ4v) is 2.36. The van der Waals surface area contributed by atoms with Crippen molar-refractivity contribution in [2.24, 2.45) is 0 Å². The Bertz CT molecular complexity index is 644. The van der Waals surface area contributed by atoms with Crippen LogP contribution in [0.15, 0.2) is 42.5 Å². The molecule has 3 heteroatoms. The number of anilines is 1. The summed E-state index contributed by atoms with van der Waals surface area (Å²) >= 11 is 0. The zero-order valence-electron chi connectivity index (χ0n) is 12.5. The molecular formula is C18H20N2O. The van der Waals surface area contributed by atoms with Gasteiger partial charge in [-0.3, -0.25) is 0 Å². The molecule has 0 bridgehead atoms. The van der Waals surface area contributed by atoms with Crippen LogP contribution in [-0.2, 0) is 13.0 Å². The molecule has 0 amide bonds. The average molecular weight is 280 g/mol. The van der Waals surface area contributed by atoms with Crippen LogP contribution in [0.2, 0.25) is 0 Å². The molecule has 0 radical (unpaired) electrons. The molecule has 0 aliphatic carbocycles. The van der Waals surface area contributed by atoms with E-state index in [2.05, 4.69) is 37.4 Å². The molecular weight excluding hydrogens is 260 g/mol. The molecule has 0 atom stereocenters. The van der Waals surface area contributed by atoms with Crippen molar-refractivity contribution in [3.63, 3.8) is 0 Å². The predicted octanol–water partition coefficient (Wildman–Crippen LogP) is 4.07. The van der Waals surface area contributed by atoms with Crippen LogP contribution >= 0.6 is 0 Å². The molecule has 108 valence electrons. The Morgan fingerprint density at radius 3 is 2.62 bits per heavy atom. The standard InChI is InChI=1S/C18H20N2O/c1-3-15-9-6-7-14(2)18(15)20-13-16-8-4-5-10-17(16)21-12-11-19/h4-10,20H,3,12-13H2,1-2H3. The average Bonchev–Trinajstić information content (AvgIpc) is 2.52. The summed E-state index contributed by atoms with van der Waals surface area (Å²) in [7, 11) is 0. The lowest BCUT2D eigenvalue weighted by Gasteiger charge is -2.15. The summed E-state index contributed by atoms with van der Waals surface area (Å²) in [5.41, 5.74) is 4.79. The van der Waals surface area contributed by atoms with Crippen molar-refractivity contribution < 1.29 is 4.74 Å². The zero-order valence-corrected chi connectivity index (χ0v) is 12.5. The van der Waals surface area contributed by atoms with Gasteiger partial charge in [-0.15, -0.1) is 0 Å². The van der Waals surface area contributed by atoms with Crippen LogP contribution in [0.1, 0.15) is 23.6 Å². The fourth-order valence-electron chi connectivity index (χ4n) is 2.36. The van der Waals surface area contributed by atoms with Gasteiger partial charge in [0.15, 0.2) is 6.61 Å². The van der Waals surface area contributed by atoms with Crippen molar-refractivity contribution in [2.45, 2.75) is 26.8 Å². The topological polar surface area (TPSA) is 45.0 Å². The summed E-state index contributed by atoms with van der Waals surface area (Å²) in [6.45, 7) is 5.02. The minimum atomic E-state index is 0.0710. The van der Waals surface area contributed by atoms with E-state index in [9.17, 15) is 0 Å². The second kappa shape index (κ2) is 7.35. The van der Waals surface area contributed by atoms with Crippen LogP contribution in [0.5, 0.6) is 5.75 Å². The van der Waals surface area contributed by atoms with Crippen molar-refractivity contribution in [1.82, 2.24) is 0 Å². The first kappa shape index (κ1) is 14.9. The van der Waals surface area contributed by atoms with E-state index in [-0.39, 0.29) is 6.61 Å². The van der Waals surface area contributed by atoms with E-state index in [1.807, 2.05) is 30.3 Å². The molecule has 21 heavy (non-hydrogen) atoms. The number of hydrogen-bond acceptors (Lipinski definition) is 3. The summed E-state index contributed by atoms with van der Waals surface area (Å²) in [6, 6.07) is 16.2. The smallest absolute Gasteiger partial charge is 0.174 e. The Hall–Kier alpha value is -2.47. The summed E-state index contributed by atoms with van der Waals surface area (Å²) in [5, 5.41) is 12.1. The van der Waals surface area contributed by atoms with Crippen molar-refractivity contribution in [1.29, 1.82) is 5.26 Å². The van der Waals surface area contributed by atoms with Crippen molar-refractivity contribution in [2.75, 3.05) is 11.9 Å². The Kier molecular flexibility index (Phi) is 5.22. The van der Waals surface area contributed by atoms with Gasteiger partial charge < -0.3 is 10.1 Å². The van der Waals surface area contributed by atoms with E-state index >= 15 is 0 Å². The van der Waals surface area contributed by atoms with Crippen LogP contribution in [0.25, 0.3) is 0 Å². The van der Waals surface area contributed by atoms with E-state index in [4.69, 9.17) is 10.00 Å². The molecule has 0 aromatic heterocycles. The molecule has 2 aromatic rings. The molecule has 0 heterocycles. The molecule has 3 nitrogen and oxygen atoms in total. The number of nitriles is 1. The zero-order chi connectivity index (χ0) is 15.1. The molecule has 1 N–H and O–H groups in total. The predicted molar refractivity (Wildman–Crippen MR) is 85.4 cm³/mol. The lowest BCUT2D eigenvalue weighted by Crippen LogP contribution is -2.06. The lowest BCUT2D eigenvalue weighted by molar-refractivity contribution is 0.364. The minimum Gasteiger partial charge on any atom is -0.478 e. The maximum atomic E-state index is 8.64. The Labute approximate surface area is 126 Å². The van der Waals surface area contributed by atoms with Gasteiger partial charge in [-0.05, 0) is 30.5 Å². The third-order valence-electron chi connectivity index (χ3n) is 3.46. The first-order valence-corrected chi connectivity index (χ1v) is 7.16. The second-order valence-corrected chi connectivity index (χ2v) is 4.87. The normalized spacial score (nSPS) is 9.95. The lowest BCUT2D eigenvalue weighted by atomic mass is 10.1. The van der Waals surface area contributed by atoms with Crippen molar-refractivity contribution in [3.05, 3.63) is 59.2 Å². The quantitative estimate of drug-likeness (QED) is 0.867. The van der Waals surface area contributed by atoms with Gasteiger partial charge in [0.25, 0.3) is 0 Å². The monoisotopic (exact) mass is 280 g/mol. The number of ether oxygens (including phenoxy) is 1. The van der Waals surface area contributed by atoms with E-state index in [1.54, 1.807) is 0 Å². The van der Waals surface area contributed by atoms with Gasteiger partial charge in [-0.2, -0.15) is 5.26 Å². The minimum absolute atomic E-state index is 0.0710. The molecule has 0 aliphatic heterocycles. The highest BCUT2D eigenvalue weighted by Crippen LogP contribution is 2.24. The fraction of sp³-hybridized carbons (Fsp3) is 0.278. The number of para-hydroxylation sites is 2. The first-order chi connectivity index (χ1) is 10.3. The number of benzene rings is 2. The van der Waals surface area contributed by atoms with Crippen LogP contribution in [0, 0.1) is 18.3 Å². The molecule has 0 spiro atoms. The van der Waals surface area contributed by atoms with Gasteiger partial charge in [-0.1, -0.05) is 43.3 Å². The van der Waals surface area contributed by atoms with Crippen LogP contribution in [0.3, 0.4) is 0 Å². The van der Waals surface area contributed by atoms with Crippen LogP contribution < -0.4 is 10.1 Å². The van der Waals surface area contributed by atoms with E-state index in [1.165, 1.54) is 16.8 Å². The number of aryl methyl sites for hydroxylation is 2. The molecule has 0 unspecified atom stereocenters.